The van der Waals surface area contributed by atoms with Crippen molar-refractivity contribution in [3.8, 4) is 5.95 Å². The molecule has 72 valence electrons. The third-order valence-electron chi connectivity index (χ3n) is 1.71. The molecule has 5 nitrogen and oxygen atoms in total. The third kappa shape index (κ3) is 1.65. The fraction of sp³-hybridized carbons (Fsp3) is 0.250. The molecule has 0 aliphatic rings. The normalized spacial score (nSPS) is 10.4. The van der Waals surface area contributed by atoms with E-state index >= 15 is 0 Å². The molecule has 2 aromatic rings. The minimum Gasteiger partial charge on any atom is -0.220 e. The molecule has 0 fully saturated rings. The first kappa shape index (κ1) is 9.26. The van der Waals surface area contributed by atoms with Crippen molar-refractivity contribution >= 4 is 15.9 Å². The lowest BCUT2D eigenvalue weighted by Gasteiger charge is -1.99. The summed E-state index contributed by atoms with van der Waals surface area (Å²) >= 11 is 3.22. The standard InChI is InChI=1S/C8H8BrN5/c1-2-6-12-7(9)13-14(6)8-10-4-3-5-11-8/h3-5H,2H2,1H3. The van der Waals surface area contributed by atoms with Crippen molar-refractivity contribution in [2.45, 2.75) is 13.3 Å². The Bertz CT molecular complexity index is 425. The van der Waals surface area contributed by atoms with Crippen molar-refractivity contribution in [3.05, 3.63) is 29.0 Å². The van der Waals surface area contributed by atoms with E-state index in [1.54, 1.807) is 23.1 Å². The minimum atomic E-state index is 0.544. The summed E-state index contributed by atoms with van der Waals surface area (Å²) in [5.41, 5.74) is 0. The average Bonchev–Trinajstić information content (AvgIpc) is 2.61. The van der Waals surface area contributed by atoms with Gasteiger partial charge in [-0.15, -0.1) is 5.10 Å². The zero-order chi connectivity index (χ0) is 9.97. The first-order valence-corrected chi connectivity index (χ1v) is 4.99. The predicted molar refractivity (Wildman–Crippen MR) is 54.0 cm³/mol. The smallest absolute Gasteiger partial charge is 0.220 e. The highest BCUT2D eigenvalue weighted by Crippen LogP contribution is 2.08. The maximum absolute atomic E-state index is 4.19. The lowest BCUT2D eigenvalue weighted by Crippen LogP contribution is -2.05. The van der Waals surface area contributed by atoms with E-state index in [2.05, 4.69) is 36.0 Å². The highest BCUT2D eigenvalue weighted by Gasteiger charge is 2.09. The summed E-state index contributed by atoms with van der Waals surface area (Å²) < 4.78 is 2.19. The molecule has 0 aliphatic heterocycles. The van der Waals surface area contributed by atoms with Crippen molar-refractivity contribution in [2.24, 2.45) is 0 Å². The summed E-state index contributed by atoms with van der Waals surface area (Å²) in [5, 5.41) is 4.15. The molecule has 0 bridgehead atoms. The van der Waals surface area contributed by atoms with Crippen LogP contribution in [0.2, 0.25) is 0 Å². The van der Waals surface area contributed by atoms with Gasteiger partial charge in [0, 0.05) is 18.8 Å². The number of halogens is 1. The van der Waals surface area contributed by atoms with Gasteiger partial charge in [0.05, 0.1) is 0 Å². The lowest BCUT2D eigenvalue weighted by molar-refractivity contribution is 0.748. The molecule has 2 aromatic heterocycles. The molecular weight excluding hydrogens is 246 g/mol. The summed E-state index contributed by atoms with van der Waals surface area (Å²) in [6.07, 6.45) is 4.14. The molecule has 2 rings (SSSR count). The first-order valence-electron chi connectivity index (χ1n) is 4.20. The Morgan fingerprint density at radius 2 is 2.07 bits per heavy atom. The molecule has 0 N–H and O–H groups in total. The Labute approximate surface area is 89.4 Å². The van der Waals surface area contributed by atoms with Gasteiger partial charge in [-0.3, -0.25) is 0 Å². The van der Waals surface area contributed by atoms with Crippen molar-refractivity contribution in [1.29, 1.82) is 0 Å². The molecule has 0 saturated carbocycles. The maximum atomic E-state index is 4.19. The van der Waals surface area contributed by atoms with Crippen molar-refractivity contribution in [1.82, 2.24) is 24.7 Å². The largest absolute Gasteiger partial charge is 0.252 e. The van der Waals surface area contributed by atoms with Crippen LogP contribution in [0.4, 0.5) is 0 Å². The van der Waals surface area contributed by atoms with Crippen LogP contribution in [0, 0.1) is 0 Å². The molecule has 0 unspecified atom stereocenters. The highest BCUT2D eigenvalue weighted by molar-refractivity contribution is 9.10. The lowest BCUT2D eigenvalue weighted by atomic mass is 10.5. The molecule has 0 amide bonds. The number of rotatable bonds is 2. The van der Waals surface area contributed by atoms with Gasteiger partial charge in [-0.1, -0.05) is 6.92 Å². The van der Waals surface area contributed by atoms with Crippen LogP contribution >= 0.6 is 15.9 Å². The monoisotopic (exact) mass is 253 g/mol. The summed E-state index contributed by atoms with van der Waals surface area (Å²) in [6.45, 7) is 2.01. The summed E-state index contributed by atoms with van der Waals surface area (Å²) in [6, 6.07) is 1.76. The Morgan fingerprint density at radius 1 is 1.36 bits per heavy atom. The molecule has 0 radical (unpaired) electrons. The van der Waals surface area contributed by atoms with Gasteiger partial charge in [-0.2, -0.15) is 4.68 Å². The van der Waals surface area contributed by atoms with E-state index in [1.165, 1.54) is 0 Å². The van der Waals surface area contributed by atoms with Crippen LogP contribution in [0.1, 0.15) is 12.7 Å². The van der Waals surface area contributed by atoms with E-state index < -0.39 is 0 Å². The fourth-order valence-electron chi connectivity index (χ4n) is 1.11. The van der Waals surface area contributed by atoms with Gasteiger partial charge in [-0.25, -0.2) is 15.0 Å². The van der Waals surface area contributed by atoms with Crippen LogP contribution in [0.25, 0.3) is 5.95 Å². The van der Waals surface area contributed by atoms with Gasteiger partial charge in [0.25, 0.3) is 5.95 Å². The van der Waals surface area contributed by atoms with E-state index in [4.69, 9.17) is 0 Å². The first-order chi connectivity index (χ1) is 6.81. The van der Waals surface area contributed by atoms with Gasteiger partial charge >= 0.3 is 0 Å². The van der Waals surface area contributed by atoms with Crippen LogP contribution in [-0.4, -0.2) is 24.7 Å². The Morgan fingerprint density at radius 3 is 2.71 bits per heavy atom. The van der Waals surface area contributed by atoms with Crippen molar-refractivity contribution in [3.63, 3.8) is 0 Å². The summed E-state index contributed by atoms with van der Waals surface area (Å²) in [4.78, 5) is 12.4. The molecule has 0 spiro atoms. The van der Waals surface area contributed by atoms with E-state index in [0.29, 0.717) is 10.7 Å². The second-order valence-electron chi connectivity index (χ2n) is 2.61. The molecular formula is C8H8BrN5. The quantitative estimate of drug-likeness (QED) is 0.812. The topological polar surface area (TPSA) is 56.5 Å². The van der Waals surface area contributed by atoms with E-state index in [0.717, 1.165) is 12.2 Å². The zero-order valence-electron chi connectivity index (χ0n) is 7.55. The van der Waals surface area contributed by atoms with Crippen molar-refractivity contribution in [2.75, 3.05) is 0 Å². The number of hydrogen-bond acceptors (Lipinski definition) is 4. The van der Waals surface area contributed by atoms with Gasteiger partial charge in [0.2, 0.25) is 4.73 Å². The second kappa shape index (κ2) is 3.83. The molecule has 6 heteroatoms. The fourth-order valence-corrected chi connectivity index (χ4v) is 1.47. The Balaban J connectivity index is 2.51. The van der Waals surface area contributed by atoms with Crippen LogP contribution in [-0.2, 0) is 6.42 Å². The molecule has 0 aromatic carbocycles. The molecule has 0 saturated heterocycles. The number of aryl methyl sites for hydroxylation is 1. The number of aromatic nitrogens is 5. The number of nitrogens with zero attached hydrogens (tertiary/aromatic N) is 5. The van der Waals surface area contributed by atoms with Gasteiger partial charge in [0.1, 0.15) is 5.82 Å². The highest BCUT2D eigenvalue weighted by atomic mass is 79.9. The molecule has 0 aliphatic carbocycles. The summed E-state index contributed by atoms with van der Waals surface area (Å²) in [7, 11) is 0. The van der Waals surface area contributed by atoms with E-state index in [9.17, 15) is 0 Å². The van der Waals surface area contributed by atoms with Crippen molar-refractivity contribution < 1.29 is 0 Å². The minimum absolute atomic E-state index is 0.544. The molecule has 0 atom stereocenters. The Hall–Kier alpha value is -1.30. The van der Waals surface area contributed by atoms with Crippen LogP contribution < -0.4 is 0 Å². The van der Waals surface area contributed by atoms with Crippen LogP contribution in [0.5, 0.6) is 0 Å². The zero-order valence-corrected chi connectivity index (χ0v) is 9.14. The predicted octanol–water partition coefficient (Wildman–Crippen LogP) is 1.38. The summed E-state index contributed by atoms with van der Waals surface area (Å²) in [5.74, 6) is 1.38. The van der Waals surface area contributed by atoms with Gasteiger partial charge in [-0.05, 0) is 22.0 Å². The second-order valence-corrected chi connectivity index (χ2v) is 3.32. The van der Waals surface area contributed by atoms with Crippen LogP contribution in [0.15, 0.2) is 23.2 Å². The Kier molecular flexibility index (Phi) is 2.53. The average molecular weight is 254 g/mol. The SMILES string of the molecule is CCc1nc(Br)nn1-c1ncccn1. The third-order valence-corrected chi connectivity index (χ3v) is 2.04. The van der Waals surface area contributed by atoms with Gasteiger partial charge < -0.3 is 0 Å². The molecule has 14 heavy (non-hydrogen) atoms. The molecule has 2 heterocycles. The van der Waals surface area contributed by atoms with E-state index in [1.807, 2.05) is 6.92 Å². The van der Waals surface area contributed by atoms with Crippen LogP contribution in [0.3, 0.4) is 0 Å². The van der Waals surface area contributed by atoms with E-state index in [-0.39, 0.29) is 0 Å². The number of hydrogen-bond donors (Lipinski definition) is 0. The van der Waals surface area contributed by atoms with Gasteiger partial charge in [0.15, 0.2) is 0 Å². The maximum Gasteiger partial charge on any atom is 0.252 e.